The van der Waals surface area contributed by atoms with Crippen molar-refractivity contribution in [2.75, 3.05) is 14.2 Å². The number of esters is 1. The molecule has 0 saturated heterocycles. The van der Waals surface area contributed by atoms with Gasteiger partial charge in [0.1, 0.15) is 15.8 Å². The number of fused-ring (bicyclic) bond motifs is 1. The lowest BCUT2D eigenvalue weighted by molar-refractivity contribution is -0.137. The van der Waals surface area contributed by atoms with E-state index in [-0.39, 0.29) is 14.6 Å². The van der Waals surface area contributed by atoms with Gasteiger partial charge in [0, 0.05) is 7.05 Å². The molecule has 19 heavy (non-hydrogen) atoms. The van der Waals surface area contributed by atoms with Crippen LogP contribution in [0.4, 0.5) is 0 Å². The molecular weight excluding hydrogens is 292 g/mol. The van der Waals surface area contributed by atoms with E-state index in [9.17, 15) is 18.3 Å². The summed E-state index contributed by atoms with van der Waals surface area (Å²) < 4.78 is 29.5. The second-order valence-corrected chi connectivity index (χ2v) is 6.57. The smallest absolute Gasteiger partial charge is 0.359 e. The summed E-state index contributed by atoms with van der Waals surface area (Å²) >= 11 is 0.797. The minimum atomic E-state index is -3.97. The van der Waals surface area contributed by atoms with Crippen molar-refractivity contribution in [3.8, 4) is 6.07 Å². The number of rotatable bonds is 1. The lowest BCUT2D eigenvalue weighted by Gasteiger charge is -2.25. The first-order valence-electron chi connectivity index (χ1n) is 4.89. The number of methoxy groups -OCH3 is 1. The Bertz CT molecular complexity index is 738. The maximum atomic E-state index is 12.2. The maximum Gasteiger partial charge on any atom is 0.359 e. The minimum Gasteiger partial charge on any atom is -0.504 e. The van der Waals surface area contributed by atoms with Gasteiger partial charge in [-0.15, -0.1) is 11.3 Å². The number of aliphatic hydroxyl groups is 1. The lowest BCUT2D eigenvalue weighted by atomic mass is 10.3. The first kappa shape index (κ1) is 13.4. The SMILES string of the molecule is COC(=O)C1=C(O)c2sc(C#N)cc2S(=O)(=O)N1C. The Morgan fingerprint density at radius 1 is 1.58 bits per heavy atom. The normalized spacial score (nSPS) is 16.8. The van der Waals surface area contributed by atoms with Crippen molar-refractivity contribution in [1.82, 2.24) is 4.31 Å². The zero-order valence-electron chi connectivity index (χ0n) is 9.87. The monoisotopic (exact) mass is 300 g/mol. The third-order valence-electron chi connectivity index (χ3n) is 2.58. The van der Waals surface area contributed by atoms with Gasteiger partial charge in [0.25, 0.3) is 10.0 Å². The van der Waals surface area contributed by atoms with Crippen molar-refractivity contribution in [3.05, 3.63) is 21.5 Å². The van der Waals surface area contributed by atoms with Crippen molar-refractivity contribution in [2.45, 2.75) is 4.90 Å². The van der Waals surface area contributed by atoms with Crippen LogP contribution in [0.5, 0.6) is 0 Å². The quantitative estimate of drug-likeness (QED) is 0.763. The van der Waals surface area contributed by atoms with Crippen molar-refractivity contribution < 1.29 is 23.1 Å². The number of sulfonamides is 1. The number of aliphatic hydroxyl groups excluding tert-OH is 1. The predicted octanol–water partition coefficient (Wildman–Crippen LogP) is 0.653. The summed E-state index contributed by atoms with van der Waals surface area (Å²) in [6, 6.07) is 2.96. The van der Waals surface area contributed by atoms with Gasteiger partial charge in [-0.3, -0.25) is 4.31 Å². The molecule has 7 nitrogen and oxygen atoms in total. The molecule has 0 spiro atoms. The van der Waals surface area contributed by atoms with E-state index in [0.29, 0.717) is 4.31 Å². The fourth-order valence-corrected chi connectivity index (χ4v) is 4.24. The molecular formula is C10H8N2O5S2. The molecule has 0 saturated carbocycles. The van der Waals surface area contributed by atoms with E-state index in [0.717, 1.165) is 31.6 Å². The van der Waals surface area contributed by atoms with Crippen LogP contribution in [0, 0.1) is 11.3 Å². The van der Waals surface area contributed by atoms with Crippen LogP contribution in [0.2, 0.25) is 0 Å². The van der Waals surface area contributed by atoms with Crippen LogP contribution in [-0.4, -0.2) is 38.0 Å². The largest absolute Gasteiger partial charge is 0.504 e. The van der Waals surface area contributed by atoms with Crippen LogP contribution in [-0.2, 0) is 19.6 Å². The highest BCUT2D eigenvalue weighted by atomic mass is 32.2. The number of carbonyl (C=O) groups excluding carboxylic acids is 1. The number of ether oxygens (including phenoxy) is 1. The molecule has 1 aromatic heterocycles. The van der Waals surface area contributed by atoms with Gasteiger partial charge in [0.2, 0.25) is 0 Å². The highest BCUT2D eigenvalue weighted by Gasteiger charge is 2.40. The molecule has 100 valence electrons. The summed E-state index contributed by atoms with van der Waals surface area (Å²) in [5, 5.41) is 18.8. The number of hydrogen-bond acceptors (Lipinski definition) is 7. The molecule has 0 unspecified atom stereocenters. The van der Waals surface area contributed by atoms with Gasteiger partial charge in [-0.25, -0.2) is 13.2 Å². The van der Waals surface area contributed by atoms with Crippen LogP contribution < -0.4 is 0 Å². The van der Waals surface area contributed by atoms with E-state index in [1.807, 2.05) is 0 Å². The Balaban J connectivity index is 2.82. The van der Waals surface area contributed by atoms with Crippen LogP contribution in [0.25, 0.3) is 5.76 Å². The lowest BCUT2D eigenvalue weighted by Crippen LogP contribution is -2.34. The molecule has 1 aliphatic rings. The minimum absolute atomic E-state index is 0.0324. The summed E-state index contributed by atoms with van der Waals surface area (Å²) in [4.78, 5) is 11.5. The maximum absolute atomic E-state index is 12.2. The van der Waals surface area contributed by atoms with Crippen molar-refractivity contribution in [3.63, 3.8) is 0 Å². The second-order valence-electron chi connectivity index (χ2n) is 3.58. The topological polar surface area (TPSA) is 108 Å². The fraction of sp³-hybridized carbons (Fsp3) is 0.200. The molecule has 2 rings (SSSR count). The van der Waals surface area contributed by atoms with Crippen LogP contribution in [0.15, 0.2) is 16.7 Å². The third-order valence-corrected chi connectivity index (χ3v) is 5.54. The summed E-state index contributed by atoms with van der Waals surface area (Å²) in [7, 11) is -1.77. The van der Waals surface area contributed by atoms with Gasteiger partial charge in [-0.1, -0.05) is 0 Å². The standard InChI is InChI=1S/C10H8N2O5S2/c1-12-7(10(14)17-2)8(13)9-6(19(12,15)16)3-5(4-11)18-9/h3,13H,1-2H3. The molecule has 0 bridgehead atoms. The molecule has 0 aliphatic carbocycles. The average molecular weight is 300 g/mol. The molecule has 0 fully saturated rings. The highest BCUT2D eigenvalue weighted by molar-refractivity contribution is 7.89. The van der Waals surface area contributed by atoms with E-state index in [1.54, 1.807) is 6.07 Å². The van der Waals surface area contributed by atoms with Crippen LogP contribution >= 0.6 is 11.3 Å². The molecule has 1 N–H and O–H groups in total. The average Bonchev–Trinajstić information content (AvgIpc) is 2.82. The van der Waals surface area contributed by atoms with E-state index in [1.165, 1.54) is 0 Å². The number of nitriles is 1. The Labute approximate surface area is 113 Å². The predicted molar refractivity (Wildman–Crippen MR) is 65.5 cm³/mol. The van der Waals surface area contributed by atoms with E-state index >= 15 is 0 Å². The molecule has 0 aromatic carbocycles. The van der Waals surface area contributed by atoms with E-state index < -0.39 is 27.4 Å². The summed E-state index contributed by atoms with van der Waals surface area (Å²) in [6.45, 7) is 0. The summed E-state index contributed by atoms with van der Waals surface area (Å²) in [6.07, 6.45) is 0. The zero-order chi connectivity index (χ0) is 14.4. The van der Waals surface area contributed by atoms with Crippen molar-refractivity contribution >= 4 is 33.1 Å². The van der Waals surface area contributed by atoms with E-state index in [4.69, 9.17) is 5.26 Å². The van der Waals surface area contributed by atoms with E-state index in [2.05, 4.69) is 4.74 Å². The molecule has 1 aromatic rings. The highest BCUT2D eigenvalue weighted by Crippen LogP contribution is 2.39. The number of thiophene rings is 1. The molecule has 9 heteroatoms. The number of nitrogens with zero attached hydrogens (tertiary/aromatic N) is 2. The Kier molecular flexibility index (Phi) is 3.00. The number of likely N-dealkylation sites (N-methyl/N-ethyl adjacent to an activating group) is 1. The van der Waals surface area contributed by atoms with Gasteiger partial charge in [0.15, 0.2) is 11.5 Å². The number of carbonyl (C=O) groups is 1. The van der Waals surface area contributed by atoms with Gasteiger partial charge in [0.05, 0.1) is 12.0 Å². The third kappa shape index (κ3) is 1.76. The second kappa shape index (κ2) is 4.25. The molecule has 0 amide bonds. The summed E-state index contributed by atoms with van der Waals surface area (Å²) in [5.41, 5.74) is -0.471. The fourth-order valence-electron chi connectivity index (χ4n) is 1.63. The Morgan fingerprint density at radius 2 is 2.21 bits per heavy atom. The zero-order valence-corrected chi connectivity index (χ0v) is 11.5. The van der Waals surface area contributed by atoms with Crippen molar-refractivity contribution in [2.24, 2.45) is 0 Å². The van der Waals surface area contributed by atoms with Crippen molar-refractivity contribution in [1.29, 1.82) is 5.26 Å². The van der Waals surface area contributed by atoms with Crippen LogP contribution in [0.3, 0.4) is 0 Å². The molecule has 2 heterocycles. The Hall–Kier alpha value is -2.05. The van der Waals surface area contributed by atoms with Gasteiger partial charge < -0.3 is 9.84 Å². The number of hydrogen-bond donors (Lipinski definition) is 1. The first-order chi connectivity index (χ1) is 8.84. The molecule has 0 atom stereocenters. The molecule has 1 aliphatic heterocycles. The van der Waals surface area contributed by atoms with Gasteiger partial charge in [-0.05, 0) is 6.07 Å². The van der Waals surface area contributed by atoms with Gasteiger partial charge in [-0.2, -0.15) is 5.26 Å². The van der Waals surface area contributed by atoms with Crippen LogP contribution in [0.1, 0.15) is 9.75 Å². The van der Waals surface area contributed by atoms with Gasteiger partial charge >= 0.3 is 5.97 Å². The first-order valence-corrected chi connectivity index (χ1v) is 7.15. The Morgan fingerprint density at radius 3 is 2.74 bits per heavy atom. The summed E-state index contributed by atoms with van der Waals surface area (Å²) in [5.74, 6) is -1.48. The molecule has 0 radical (unpaired) electrons.